The molecule has 0 unspecified atom stereocenters. The Balaban J connectivity index is 1.52. The summed E-state index contributed by atoms with van der Waals surface area (Å²) >= 11 is 0. The number of likely N-dealkylation sites (tertiary alicyclic amines) is 1. The van der Waals surface area contributed by atoms with Crippen LogP contribution in [0.4, 0.5) is 0 Å². The lowest BCUT2D eigenvalue weighted by Crippen LogP contribution is -2.49. The number of nitrogens with zero attached hydrogens (tertiary/aromatic N) is 3. The van der Waals surface area contributed by atoms with Crippen molar-refractivity contribution in [1.82, 2.24) is 20.0 Å². The Morgan fingerprint density at radius 3 is 3.04 bits per heavy atom. The molecule has 2 aliphatic rings. The Labute approximate surface area is 145 Å². The highest BCUT2D eigenvalue weighted by Crippen LogP contribution is 2.27. The molecule has 1 N–H and O–H groups in total. The summed E-state index contributed by atoms with van der Waals surface area (Å²) in [5.41, 5.74) is 1.32. The molecule has 1 aromatic heterocycles. The van der Waals surface area contributed by atoms with Crippen molar-refractivity contribution in [3.63, 3.8) is 0 Å². The number of para-hydroxylation sites is 2. The summed E-state index contributed by atoms with van der Waals surface area (Å²) in [4.78, 5) is 26.1. The Morgan fingerprint density at radius 1 is 1.36 bits per heavy atom. The maximum Gasteiger partial charge on any atom is 0.257 e. The normalized spacial score (nSPS) is 22.4. The first-order valence-electron chi connectivity index (χ1n) is 8.42. The SMILES string of the molecule is COc1ccccc1-n1cc(C(=O)N2CC[C@@H]3CC(=O)N[C@@H]3C2)cn1. The third-order valence-corrected chi connectivity index (χ3v) is 5.00. The predicted octanol–water partition coefficient (Wildman–Crippen LogP) is 1.23. The highest BCUT2D eigenvalue weighted by molar-refractivity contribution is 5.94. The van der Waals surface area contributed by atoms with Crippen LogP contribution in [0.25, 0.3) is 5.69 Å². The second-order valence-electron chi connectivity index (χ2n) is 6.52. The lowest BCUT2D eigenvalue weighted by atomic mass is 9.92. The first kappa shape index (κ1) is 15.7. The number of hydrogen-bond acceptors (Lipinski definition) is 4. The summed E-state index contributed by atoms with van der Waals surface area (Å²) in [6.45, 7) is 1.24. The third-order valence-electron chi connectivity index (χ3n) is 5.00. The number of rotatable bonds is 3. The number of carbonyl (C=O) groups is 2. The molecule has 0 radical (unpaired) electrons. The fraction of sp³-hybridized carbons (Fsp3) is 0.389. The molecule has 1 aromatic carbocycles. The van der Waals surface area contributed by atoms with E-state index in [0.29, 0.717) is 36.7 Å². The molecule has 2 atom stereocenters. The molecule has 0 aliphatic carbocycles. The van der Waals surface area contributed by atoms with Gasteiger partial charge in [-0.05, 0) is 24.5 Å². The number of benzene rings is 1. The minimum absolute atomic E-state index is 0.0549. The van der Waals surface area contributed by atoms with Gasteiger partial charge in [-0.3, -0.25) is 9.59 Å². The van der Waals surface area contributed by atoms with E-state index < -0.39 is 0 Å². The first-order chi connectivity index (χ1) is 12.2. The zero-order valence-corrected chi connectivity index (χ0v) is 14.0. The highest BCUT2D eigenvalue weighted by atomic mass is 16.5. The Hall–Kier alpha value is -2.83. The van der Waals surface area contributed by atoms with Crippen molar-refractivity contribution in [1.29, 1.82) is 0 Å². The number of aromatic nitrogens is 2. The van der Waals surface area contributed by atoms with E-state index in [9.17, 15) is 9.59 Å². The first-order valence-corrected chi connectivity index (χ1v) is 8.42. The third kappa shape index (κ3) is 2.86. The van der Waals surface area contributed by atoms with E-state index in [0.717, 1.165) is 12.1 Å². The van der Waals surface area contributed by atoms with Gasteiger partial charge in [0.2, 0.25) is 5.91 Å². The van der Waals surface area contributed by atoms with Crippen LogP contribution in [0.3, 0.4) is 0 Å². The molecule has 7 heteroatoms. The van der Waals surface area contributed by atoms with Crippen molar-refractivity contribution < 1.29 is 14.3 Å². The molecule has 0 bridgehead atoms. The van der Waals surface area contributed by atoms with Crippen LogP contribution < -0.4 is 10.1 Å². The summed E-state index contributed by atoms with van der Waals surface area (Å²) in [7, 11) is 1.61. The van der Waals surface area contributed by atoms with Gasteiger partial charge in [-0.25, -0.2) is 4.68 Å². The summed E-state index contributed by atoms with van der Waals surface area (Å²) < 4.78 is 7.00. The molecule has 2 aromatic rings. The quantitative estimate of drug-likeness (QED) is 0.912. The lowest BCUT2D eigenvalue weighted by molar-refractivity contribution is -0.119. The van der Waals surface area contributed by atoms with Gasteiger partial charge in [0.25, 0.3) is 5.91 Å². The van der Waals surface area contributed by atoms with E-state index in [2.05, 4.69) is 10.4 Å². The van der Waals surface area contributed by atoms with E-state index in [-0.39, 0.29) is 17.9 Å². The maximum absolute atomic E-state index is 12.8. The van der Waals surface area contributed by atoms with Crippen molar-refractivity contribution >= 4 is 11.8 Å². The van der Waals surface area contributed by atoms with Crippen LogP contribution >= 0.6 is 0 Å². The van der Waals surface area contributed by atoms with Gasteiger partial charge in [0, 0.05) is 31.7 Å². The van der Waals surface area contributed by atoms with E-state index in [1.807, 2.05) is 24.3 Å². The summed E-state index contributed by atoms with van der Waals surface area (Å²) in [5, 5.41) is 7.28. The largest absolute Gasteiger partial charge is 0.494 e. The highest BCUT2D eigenvalue weighted by Gasteiger charge is 2.38. The monoisotopic (exact) mass is 340 g/mol. The van der Waals surface area contributed by atoms with Crippen LogP contribution in [-0.2, 0) is 4.79 Å². The molecular weight excluding hydrogens is 320 g/mol. The summed E-state index contributed by atoms with van der Waals surface area (Å²) in [6.07, 6.45) is 4.74. The van der Waals surface area contributed by atoms with Crippen molar-refractivity contribution in [3.8, 4) is 11.4 Å². The van der Waals surface area contributed by atoms with E-state index >= 15 is 0 Å². The van der Waals surface area contributed by atoms with E-state index in [1.165, 1.54) is 0 Å². The number of carbonyl (C=O) groups excluding carboxylic acids is 2. The second kappa shape index (κ2) is 6.23. The van der Waals surface area contributed by atoms with Crippen LogP contribution in [0.15, 0.2) is 36.7 Å². The predicted molar refractivity (Wildman–Crippen MR) is 90.7 cm³/mol. The van der Waals surface area contributed by atoms with Crippen molar-refractivity contribution in [2.75, 3.05) is 20.2 Å². The molecule has 7 nitrogen and oxygen atoms in total. The number of piperidine rings is 1. The fourth-order valence-corrected chi connectivity index (χ4v) is 3.66. The van der Waals surface area contributed by atoms with E-state index in [4.69, 9.17) is 4.74 Å². The number of amides is 2. The molecule has 2 fully saturated rings. The second-order valence-corrected chi connectivity index (χ2v) is 6.52. The molecule has 2 amide bonds. The van der Waals surface area contributed by atoms with Crippen molar-refractivity contribution in [2.45, 2.75) is 18.9 Å². The van der Waals surface area contributed by atoms with Gasteiger partial charge in [0.1, 0.15) is 11.4 Å². The van der Waals surface area contributed by atoms with Gasteiger partial charge in [-0.15, -0.1) is 0 Å². The summed E-state index contributed by atoms with van der Waals surface area (Å²) in [6, 6.07) is 7.60. The number of hydrogen-bond donors (Lipinski definition) is 1. The minimum Gasteiger partial charge on any atom is -0.494 e. The standard InChI is InChI=1S/C18H20N4O3/c1-25-16-5-3-2-4-15(16)22-10-13(9-19-22)18(24)21-7-6-12-8-17(23)20-14(12)11-21/h2-5,9-10,12,14H,6-8,11H2,1H3,(H,20,23)/t12-,14-/m1/s1. The van der Waals surface area contributed by atoms with Crippen LogP contribution in [-0.4, -0.2) is 52.7 Å². The zero-order chi connectivity index (χ0) is 17.4. The molecule has 25 heavy (non-hydrogen) atoms. The molecule has 2 aliphatic heterocycles. The Kier molecular flexibility index (Phi) is 3.91. The van der Waals surface area contributed by atoms with Crippen LogP contribution in [0, 0.1) is 5.92 Å². The Morgan fingerprint density at radius 2 is 2.20 bits per heavy atom. The molecular formula is C18H20N4O3. The topological polar surface area (TPSA) is 76.5 Å². The van der Waals surface area contributed by atoms with Crippen molar-refractivity contribution in [3.05, 3.63) is 42.2 Å². The average Bonchev–Trinajstić information content (AvgIpc) is 3.26. The average molecular weight is 340 g/mol. The fourth-order valence-electron chi connectivity index (χ4n) is 3.66. The van der Waals surface area contributed by atoms with E-state index in [1.54, 1.807) is 29.1 Å². The van der Waals surface area contributed by atoms with Gasteiger partial charge in [0.15, 0.2) is 0 Å². The van der Waals surface area contributed by atoms with Crippen LogP contribution in [0.5, 0.6) is 5.75 Å². The zero-order valence-electron chi connectivity index (χ0n) is 14.0. The number of ether oxygens (including phenoxy) is 1. The van der Waals surface area contributed by atoms with Crippen molar-refractivity contribution in [2.24, 2.45) is 5.92 Å². The molecule has 4 rings (SSSR count). The lowest BCUT2D eigenvalue weighted by Gasteiger charge is -2.34. The van der Waals surface area contributed by atoms with Gasteiger partial charge in [-0.2, -0.15) is 5.10 Å². The smallest absolute Gasteiger partial charge is 0.257 e. The molecule has 3 heterocycles. The van der Waals surface area contributed by atoms with Gasteiger partial charge >= 0.3 is 0 Å². The van der Waals surface area contributed by atoms with Gasteiger partial charge < -0.3 is 15.0 Å². The summed E-state index contributed by atoms with van der Waals surface area (Å²) in [5.74, 6) is 1.08. The number of fused-ring (bicyclic) bond motifs is 1. The number of nitrogens with one attached hydrogen (secondary N) is 1. The maximum atomic E-state index is 12.8. The van der Waals surface area contributed by atoms with Gasteiger partial charge in [0.05, 0.1) is 18.9 Å². The molecule has 0 spiro atoms. The number of methoxy groups -OCH3 is 1. The molecule has 2 saturated heterocycles. The van der Waals surface area contributed by atoms with Gasteiger partial charge in [-0.1, -0.05) is 12.1 Å². The Bertz CT molecular complexity index is 816. The van der Waals surface area contributed by atoms with Crippen LogP contribution in [0.2, 0.25) is 0 Å². The molecule has 0 saturated carbocycles. The minimum atomic E-state index is -0.0549. The van der Waals surface area contributed by atoms with Crippen LogP contribution in [0.1, 0.15) is 23.2 Å². The molecule has 130 valence electrons.